The predicted octanol–water partition coefficient (Wildman–Crippen LogP) is 5.62. The molecule has 0 aromatic heterocycles. The SMILES string of the molecule is C[CH]CCC(CC)CC(CC)CCCC. The summed E-state index contributed by atoms with van der Waals surface area (Å²) >= 11 is 0. The van der Waals surface area contributed by atoms with Crippen LogP contribution in [-0.4, -0.2) is 0 Å². The number of rotatable bonds is 10. The summed E-state index contributed by atoms with van der Waals surface area (Å²) in [6.45, 7) is 9.20. The fourth-order valence-electron chi connectivity index (χ4n) is 2.34. The van der Waals surface area contributed by atoms with E-state index in [2.05, 4.69) is 34.1 Å². The average molecular weight is 211 g/mol. The Morgan fingerprint density at radius 1 is 0.933 bits per heavy atom. The molecule has 0 nitrogen and oxygen atoms in total. The summed E-state index contributed by atoms with van der Waals surface area (Å²) in [6.07, 6.45) is 13.5. The Labute approximate surface area is 97.8 Å². The topological polar surface area (TPSA) is 0 Å². The fraction of sp³-hybridized carbons (Fsp3) is 0.933. The summed E-state index contributed by atoms with van der Waals surface area (Å²) < 4.78 is 0. The zero-order valence-electron chi connectivity index (χ0n) is 11.4. The molecule has 0 heterocycles. The minimum atomic E-state index is 0.975. The van der Waals surface area contributed by atoms with Crippen LogP contribution in [0.1, 0.15) is 79.1 Å². The highest BCUT2D eigenvalue weighted by atomic mass is 14.2. The van der Waals surface area contributed by atoms with E-state index in [1.165, 1.54) is 51.4 Å². The maximum absolute atomic E-state index is 2.36. The molecule has 0 spiro atoms. The summed E-state index contributed by atoms with van der Waals surface area (Å²) in [6, 6.07) is 0. The Morgan fingerprint density at radius 3 is 2.00 bits per heavy atom. The molecule has 0 heteroatoms. The molecular weight excluding hydrogens is 180 g/mol. The van der Waals surface area contributed by atoms with Gasteiger partial charge in [0.1, 0.15) is 0 Å². The minimum Gasteiger partial charge on any atom is -0.0654 e. The van der Waals surface area contributed by atoms with Crippen LogP contribution in [0.2, 0.25) is 0 Å². The van der Waals surface area contributed by atoms with Gasteiger partial charge in [-0.1, -0.05) is 72.6 Å². The predicted molar refractivity (Wildman–Crippen MR) is 70.9 cm³/mol. The lowest BCUT2D eigenvalue weighted by Gasteiger charge is -2.21. The Bertz CT molecular complexity index is 103. The molecule has 0 N–H and O–H groups in total. The smallest absolute Gasteiger partial charge is 0.0414 e. The second-order valence-electron chi connectivity index (χ2n) is 4.91. The van der Waals surface area contributed by atoms with Crippen molar-refractivity contribution >= 4 is 0 Å². The van der Waals surface area contributed by atoms with Crippen molar-refractivity contribution < 1.29 is 0 Å². The van der Waals surface area contributed by atoms with E-state index in [1.807, 2.05) is 0 Å². The number of hydrogen-bond donors (Lipinski definition) is 0. The molecule has 0 rings (SSSR count). The van der Waals surface area contributed by atoms with Gasteiger partial charge in [0.25, 0.3) is 0 Å². The molecule has 0 aliphatic heterocycles. The summed E-state index contributed by atoms with van der Waals surface area (Å²) in [5, 5.41) is 0. The number of unbranched alkanes of at least 4 members (excludes halogenated alkanes) is 2. The Kier molecular flexibility index (Phi) is 10.5. The third-order valence-corrected chi connectivity index (χ3v) is 3.65. The van der Waals surface area contributed by atoms with Gasteiger partial charge in [-0.05, 0) is 24.7 Å². The monoisotopic (exact) mass is 211 g/mol. The van der Waals surface area contributed by atoms with Gasteiger partial charge in [0.05, 0.1) is 0 Å². The molecule has 15 heavy (non-hydrogen) atoms. The van der Waals surface area contributed by atoms with Crippen LogP contribution in [-0.2, 0) is 0 Å². The van der Waals surface area contributed by atoms with Crippen LogP contribution in [0.15, 0.2) is 0 Å². The number of hydrogen-bond acceptors (Lipinski definition) is 0. The highest BCUT2D eigenvalue weighted by Crippen LogP contribution is 2.26. The molecule has 91 valence electrons. The Hall–Kier alpha value is 0. The van der Waals surface area contributed by atoms with Crippen LogP contribution in [0.3, 0.4) is 0 Å². The van der Waals surface area contributed by atoms with Gasteiger partial charge < -0.3 is 0 Å². The average Bonchev–Trinajstić information content (AvgIpc) is 2.28. The molecule has 2 atom stereocenters. The molecule has 0 saturated heterocycles. The van der Waals surface area contributed by atoms with Crippen molar-refractivity contribution in [1.29, 1.82) is 0 Å². The summed E-state index contributed by atoms with van der Waals surface area (Å²) in [5.74, 6) is 1.97. The summed E-state index contributed by atoms with van der Waals surface area (Å²) in [7, 11) is 0. The van der Waals surface area contributed by atoms with Gasteiger partial charge in [0, 0.05) is 0 Å². The van der Waals surface area contributed by atoms with Crippen molar-refractivity contribution in [2.45, 2.75) is 79.1 Å². The van der Waals surface area contributed by atoms with Gasteiger partial charge in [0.15, 0.2) is 0 Å². The molecular formula is C15H31. The van der Waals surface area contributed by atoms with Crippen molar-refractivity contribution in [3.05, 3.63) is 6.42 Å². The summed E-state index contributed by atoms with van der Waals surface area (Å²) in [4.78, 5) is 0. The van der Waals surface area contributed by atoms with E-state index in [1.54, 1.807) is 0 Å². The molecule has 0 amide bonds. The zero-order chi connectivity index (χ0) is 11.5. The van der Waals surface area contributed by atoms with Crippen molar-refractivity contribution in [1.82, 2.24) is 0 Å². The Morgan fingerprint density at radius 2 is 1.53 bits per heavy atom. The normalized spacial score (nSPS) is 15.2. The standard InChI is InChI=1S/C15H31/c1-5-9-11-14(7-3)13-15(8-4)12-10-6-2/h5,14-15H,6-13H2,1-4H3. The van der Waals surface area contributed by atoms with Crippen molar-refractivity contribution in [3.63, 3.8) is 0 Å². The van der Waals surface area contributed by atoms with Crippen LogP contribution in [0.4, 0.5) is 0 Å². The molecule has 0 fully saturated rings. The quantitative estimate of drug-likeness (QED) is 0.440. The van der Waals surface area contributed by atoms with E-state index in [9.17, 15) is 0 Å². The van der Waals surface area contributed by atoms with E-state index in [4.69, 9.17) is 0 Å². The van der Waals surface area contributed by atoms with E-state index < -0.39 is 0 Å². The van der Waals surface area contributed by atoms with Crippen molar-refractivity contribution in [2.24, 2.45) is 11.8 Å². The molecule has 0 aliphatic rings. The molecule has 0 aliphatic carbocycles. The van der Waals surface area contributed by atoms with Crippen LogP contribution < -0.4 is 0 Å². The van der Waals surface area contributed by atoms with E-state index in [0.29, 0.717) is 0 Å². The maximum Gasteiger partial charge on any atom is -0.0414 e. The van der Waals surface area contributed by atoms with E-state index in [-0.39, 0.29) is 0 Å². The van der Waals surface area contributed by atoms with Gasteiger partial charge in [-0.15, -0.1) is 0 Å². The molecule has 0 aromatic rings. The first kappa shape index (κ1) is 15.0. The highest BCUT2D eigenvalue weighted by Gasteiger charge is 2.13. The van der Waals surface area contributed by atoms with Gasteiger partial charge >= 0.3 is 0 Å². The minimum absolute atomic E-state index is 0.975. The van der Waals surface area contributed by atoms with Crippen molar-refractivity contribution in [3.8, 4) is 0 Å². The fourth-order valence-corrected chi connectivity index (χ4v) is 2.34. The van der Waals surface area contributed by atoms with Crippen LogP contribution >= 0.6 is 0 Å². The first-order valence-electron chi connectivity index (χ1n) is 7.06. The highest BCUT2D eigenvalue weighted by molar-refractivity contribution is 4.68. The lowest BCUT2D eigenvalue weighted by Crippen LogP contribution is -2.08. The second kappa shape index (κ2) is 10.5. The van der Waals surface area contributed by atoms with Gasteiger partial charge in [-0.2, -0.15) is 0 Å². The third kappa shape index (κ3) is 7.88. The van der Waals surface area contributed by atoms with Gasteiger partial charge in [-0.25, -0.2) is 0 Å². The van der Waals surface area contributed by atoms with Crippen LogP contribution in [0.5, 0.6) is 0 Å². The van der Waals surface area contributed by atoms with Crippen LogP contribution in [0.25, 0.3) is 0 Å². The molecule has 0 bridgehead atoms. The second-order valence-corrected chi connectivity index (χ2v) is 4.91. The lowest BCUT2D eigenvalue weighted by molar-refractivity contribution is 0.316. The van der Waals surface area contributed by atoms with Crippen LogP contribution in [0, 0.1) is 18.3 Å². The Balaban J connectivity index is 3.77. The maximum atomic E-state index is 2.36. The van der Waals surface area contributed by atoms with E-state index in [0.717, 1.165) is 11.8 Å². The third-order valence-electron chi connectivity index (χ3n) is 3.65. The summed E-state index contributed by atoms with van der Waals surface area (Å²) in [5.41, 5.74) is 0. The first-order valence-corrected chi connectivity index (χ1v) is 7.06. The molecule has 2 unspecified atom stereocenters. The molecule has 0 saturated carbocycles. The first-order chi connectivity index (χ1) is 7.28. The van der Waals surface area contributed by atoms with Gasteiger partial charge in [-0.3, -0.25) is 0 Å². The molecule has 1 radical (unpaired) electrons. The van der Waals surface area contributed by atoms with E-state index >= 15 is 0 Å². The zero-order valence-corrected chi connectivity index (χ0v) is 11.4. The molecule has 0 aromatic carbocycles. The van der Waals surface area contributed by atoms with Crippen molar-refractivity contribution in [2.75, 3.05) is 0 Å². The lowest BCUT2D eigenvalue weighted by atomic mass is 9.85. The van der Waals surface area contributed by atoms with Gasteiger partial charge in [0.2, 0.25) is 0 Å². The largest absolute Gasteiger partial charge is 0.0654 e.